The van der Waals surface area contributed by atoms with Crippen LogP contribution in [-0.2, 0) is 9.59 Å². The van der Waals surface area contributed by atoms with Crippen LogP contribution >= 0.6 is 11.3 Å². The summed E-state index contributed by atoms with van der Waals surface area (Å²) in [6.07, 6.45) is 0.979. The summed E-state index contributed by atoms with van der Waals surface area (Å²) >= 11 is 1.36. The molecule has 1 aromatic carbocycles. The number of aryl methyl sites for hydroxylation is 1. The van der Waals surface area contributed by atoms with Gasteiger partial charge < -0.3 is 10.6 Å². The average Bonchev–Trinajstić information content (AvgIpc) is 3.07. The topological polar surface area (TPSA) is 91.4 Å². The van der Waals surface area contributed by atoms with Gasteiger partial charge in [0.2, 0.25) is 5.91 Å². The summed E-state index contributed by atoms with van der Waals surface area (Å²) in [5.74, 6) is -0.792. The quantitative estimate of drug-likeness (QED) is 0.802. The molecule has 0 spiro atoms. The summed E-state index contributed by atoms with van der Waals surface area (Å²) in [6.45, 7) is 5.35. The number of hydrogen-bond acceptors (Lipinski definition) is 5. The molecule has 2 heterocycles. The minimum atomic E-state index is -0.898. The van der Waals surface area contributed by atoms with Gasteiger partial charge in [-0.2, -0.15) is 0 Å². The Kier molecular flexibility index (Phi) is 4.47. The number of urea groups is 1. The Morgan fingerprint density at radius 1 is 1.32 bits per heavy atom. The van der Waals surface area contributed by atoms with Gasteiger partial charge in [-0.25, -0.2) is 9.78 Å². The first-order valence-electron chi connectivity index (χ1n) is 8.19. The van der Waals surface area contributed by atoms with Crippen molar-refractivity contribution in [1.82, 2.24) is 15.2 Å². The number of benzene rings is 1. The standard InChI is InChI=1S/C17H20N4O3S/c1-4-17(5-2)14(23)21(16(24)20-17)9-13(22)19-15-18-11-7-6-10(3)8-12(11)25-15/h6-8H,4-5,9H2,1-3H3,(H,20,24)(H,18,19,22). The lowest BCUT2D eigenvalue weighted by molar-refractivity contribution is -0.134. The van der Waals surface area contributed by atoms with Crippen molar-refractivity contribution in [3.8, 4) is 0 Å². The highest BCUT2D eigenvalue weighted by Gasteiger charge is 2.49. The van der Waals surface area contributed by atoms with Gasteiger partial charge >= 0.3 is 6.03 Å². The number of amides is 4. The number of thiazole rings is 1. The van der Waals surface area contributed by atoms with Crippen molar-refractivity contribution in [2.45, 2.75) is 39.2 Å². The molecule has 3 rings (SSSR count). The SMILES string of the molecule is CCC1(CC)NC(=O)N(CC(=O)Nc2nc3ccc(C)cc3s2)C1=O. The molecule has 0 aliphatic carbocycles. The summed E-state index contributed by atoms with van der Waals surface area (Å²) in [4.78, 5) is 42.2. The summed E-state index contributed by atoms with van der Waals surface area (Å²) in [6, 6.07) is 5.32. The van der Waals surface area contributed by atoms with Crippen LogP contribution in [0.15, 0.2) is 18.2 Å². The predicted molar refractivity (Wildman–Crippen MR) is 96.5 cm³/mol. The molecular weight excluding hydrogens is 340 g/mol. The first-order chi connectivity index (χ1) is 11.9. The van der Waals surface area contributed by atoms with Crippen molar-refractivity contribution >= 4 is 44.5 Å². The fourth-order valence-electron chi connectivity index (χ4n) is 2.94. The molecule has 8 heteroatoms. The van der Waals surface area contributed by atoms with Gasteiger partial charge in [-0.05, 0) is 37.5 Å². The van der Waals surface area contributed by atoms with Gasteiger partial charge in [0, 0.05) is 0 Å². The van der Waals surface area contributed by atoms with E-state index in [0.717, 1.165) is 20.7 Å². The van der Waals surface area contributed by atoms with Gasteiger partial charge in [0.15, 0.2) is 5.13 Å². The minimum Gasteiger partial charge on any atom is -0.323 e. The van der Waals surface area contributed by atoms with E-state index in [9.17, 15) is 14.4 Å². The molecule has 0 unspecified atom stereocenters. The normalized spacial score (nSPS) is 16.4. The molecule has 4 amide bonds. The second-order valence-corrected chi connectivity index (χ2v) is 7.18. The van der Waals surface area contributed by atoms with E-state index in [4.69, 9.17) is 0 Å². The van der Waals surface area contributed by atoms with Crippen LogP contribution in [0.1, 0.15) is 32.3 Å². The van der Waals surface area contributed by atoms with Crippen molar-refractivity contribution < 1.29 is 14.4 Å². The molecule has 0 bridgehead atoms. The maximum atomic E-state index is 12.5. The number of anilines is 1. The lowest BCUT2D eigenvalue weighted by Crippen LogP contribution is -2.46. The smallest absolute Gasteiger partial charge is 0.323 e. The van der Waals surface area contributed by atoms with E-state index < -0.39 is 17.5 Å². The van der Waals surface area contributed by atoms with Gasteiger partial charge in [-0.15, -0.1) is 0 Å². The molecule has 7 nitrogen and oxygen atoms in total. The van der Waals surface area contributed by atoms with Crippen molar-refractivity contribution in [1.29, 1.82) is 0 Å². The number of carbonyl (C=O) groups is 3. The van der Waals surface area contributed by atoms with Crippen LogP contribution in [0.5, 0.6) is 0 Å². The average molecular weight is 360 g/mol. The minimum absolute atomic E-state index is 0.318. The van der Waals surface area contributed by atoms with Crippen LogP contribution in [-0.4, -0.2) is 39.8 Å². The van der Waals surface area contributed by atoms with Crippen LogP contribution in [0, 0.1) is 6.92 Å². The van der Waals surface area contributed by atoms with Gasteiger partial charge in [0.25, 0.3) is 5.91 Å². The van der Waals surface area contributed by atoms with Gasteiger partial charge in [-0.1, -0.05) is 31.3 Å². The van der Waals surface area contributed by atoms with E-state index >= 15 is 0 Å². The van der Waals surface area contributed by atoms with Crippen molar-refractivity contribution in [2.75, 3.05) is 11.9 Å². The highest BCUT2D eigenvalue weighted by atomic mass is 32.1. The number of aromatic nitrogens is 1. The molecule has 1 fully saturated rings. The number of imide groups is 1. The van der Waals surface area contributed by atoms with E-state index in [-0.39, 0.29) is 12.5 Å². The van der Waals surface area contributed by atoms with Crippen LogP contribution < -0.4 is 10.6 Å². The number of fused-ring (bicyclic) bond motifs is 1. The van der Waals surface area contributed by atoms with Crippen LogP contribution in [0.3, 0.4) is 0 Å². The van der Waals surface area contributed by atoms with Crippen molar-refractivity contribution in [2.24, 2.45) is 0 Å². The number of rotatable bonds is 5. The Balaban J connectivity index is 1.71. The molecule has 132 valence electrons. The maximum Gasteiger partial charge on any atom is 0.325 e. The second kappa shape index (κ2) is 6.44. The highest BCUT2D eigenvalue weighted by molar-refractivity contribution is 7.22. The Morgan fingerprint density at radius 2 is 2.04 bits per heavy atom. The van der Waals surface area contributed by atoms with E-state index in [1.807, 2.05) is 39.0 Å². The molecule has 1 saturated heterocycles. The molecule has 0 saturated carbocycles. The number of hydrogen-bond donors (Lipinski definition) is 2. The third kappa shape index (κ3) is 3.09. The Bertz CT molecular complexity index is 857. The zero-order chi connectivity index (χ0) is 18.2. The summed E-state index contributed by atoms with van der Waals surface area (Å²) < 4.78 is 0.973. The van der Waals surface area contributed by atoms with Crippen molar-refractivity contribution in [3.63, 3.8) is 0 Å². The molecule has 2 N–H and O–H groups in total. The number of carbonyl (C=O) groups excluding carboxylic acids is 3. The first kappa shape index (κ1) is 17.3. The fourth-order valence-corrected chi connectivity index (χ4v) is 3.92. The lowest BCUT2D eigenvalue weighted by atomic mass is 9.93. The van der Waals surface area contributed by atoms with E-state index in [0.29, 0.717) is 18.0 Å². The molecule has 0 radical (unpaired) electrons. The molecule has 1 aliphatic rings. The first-order valence-corrected chi connectivity index (χ1v) is 9.01. The zero-order valence-corrected chi connectivity index (χ0v) is 15.2. The summed E-state index contributed by atoms with van der Waals surface area (Å²) in [5.41, 5.74) is 1.02. The summed E-state index contributed by atoms with van der Waals surface area (Å²) in [7, 11) is 0. The molecule has 1 aliphatic heterocycles. The van der Waals surface area contributed by atoms with Gasteiger partial charge in [-0.3, -0.25) is 14.5 Å². The van der Waals surface area contributed by atoms with Gasteiger partial charge in [0.1, 0.15) is 12.1 Å². The largest absolute Gasteiger partial charge is 0.325 e. The predicted octanol–water partition coefficient (Wildman–Crippen LogP) is 2.65. The summed E-state index contributed by atoms with van der Waals surface area (Å²) in [5, 5.41) is 5.84. The molecule has 2 aromatic rings. The van der Waals surface area contributed by atoms with Crippen LogP contribution in [0.25, 0.3) is 10.2 Å². The van der Waals surface area contributed by atoms with E-state index in [2.05, 4.69) is 15.6 Å². The van der Waals surface area contributed by atoms with Crippen molar-refractivity contribution in [3.05, 3.63) is 23.8 Å². The fraction of sp³-hybridized carbons (Fsp3) is 0.412. The maximum absolute atomic E-state index is 12.5. The number of nitrogens with zero attached hydrogens (tertiary/aromatic N) is 2. The third-order valence-electron chi connectivity index (χ3n) is 4.55. The zero-order valence-electron chi connectivity index (χ0n) is 14.4. The second-order valence-electron chi connectivity index (χ2n) is 6.15. The van der Waals surface area contributed by atoms with Crippen LogP contribution in [0.4, 0.5) is 9.93 Å². The Labute approximate surface area is 149 Å². The molecule has 0 atom stereocenters. The molecular formula is C17H20N4O3S. The Hall–Kier alpha value is -2.48. The monoisotopic (exact) mass is 360 g/mol. The van der Waals surface area contributed by atoms with Gasteiger partial charge in [0.05, 0.1) is 10.2 Å². The molecule has 1 aromatic heterocycles. The van der Waals surface area contributed by atoms with E-state index in [1.54, 1.807) is 0 Å². The van der Waals surface area contributed by atoms with Crippen LogP contribution in [0.2, 0.25) is 0 Å². The lowest BCUT2D eigenvalue weighted by Gasteiger charge is -2.22. The highest BCUT2D eigenvalue weighted by Crippen LogP contribution is 2.27. The number of nitrogens with one attached hydrogen (secondary N) is 2. The Morgan fingerprint density at radius 3 is 2.68 bits per heavy atom. The van der Waals surface area contributed by atoms with E-state index in [1.165, 1.54) is 11.3 Å². The third-order valence-corrected chi connectivity index (χ3v) is 5.48. The molecule has 25 heavy (non-hydrogen) atoms.